The molecule has 1 amide bonds. The second-order valence-corrected chi connectivity index (χ2v) is 8.01. The predicted molar refractivity (Wildman–Crippen MR) is 108 cm³/mol. The molecule has 0 radical (unpaired) electrons. The van der Waals surface area contributed by atoms with Crippen LogP contribution in [0.1, 0.15) is 27.4 Å². The summed E-state index contributed by atoms with van der Waals surface area (Å²) in [6.45, 7) is 0.527. The maximum absolute atomic E-state index is 12.3. The van der Waals surface area contributed by atoms with Crippen molar-refractivity contribution in [3.8, 4) is 0 Å². The van der Waals surface area contributed by atoms with Crippen molar-refractivity contribution < 1.29 is 13.4 Å². The summed E-state index contributed by atoms with van der Waals surface area (Å²) in [6, 6.07) is 20.6. The highest BCUT2D eigenvalue weighted by Gasteiger charge is 2.13. The second kappa shape index (κ2) is 9.53. The predicted octanol–water partition coefficient (Wildman–Crippen LogP) is 4.35. The fraction of sp³-hybridized carbons (Fsp3) is 0.190. The first kappa shape index (κ1) is 19.4. The van der Waals surface area contributed by atoms with Crippen LogP contribution in [-0.2, 0) is 28.7 Å². The lowest BCUT2D eigenvalue weighted by atomic mass is 10.1. The number of furan rings is 1. The third kappa shape index (κ3) is 6.08. The lowest BCUT2D eigenvalue weighted by Gasteiger charge is -2.04. The number of carbonyl (C=O) groups excluding carboxylic acids is 1. The molecule has 140 valence electrons. The van der Waals surface area contributed by atoms with Gasteiger partial charge in [-0.1, -0.05) is 54.1 Å². The van der Waals surface area contributed by atoms with Gasteiger partial charge >= 0.3 is 0 Å². The van der Waals surface area contributed by atoms with Gasteiger partial charge in [0.05, 0.1) is 5.75 Å². The Labute approximate surface area is 166 Å². The van der Waals surface area contributed by atoms with Gasteiger partial charge in [-0.25, -0.2) is 0 Å². The number of hydrogen-bond acceptors (Lipinski definition) is 3. The van der Waals surface area contributed by atoms with E-state index in [1.54, 1.807) is 24.3 Å². The monoisotopic (exact) mass is 401 g/mol. The molecule has 0 unspecified atom stereocenters. The van der Waals surface area contributed by atoms with Crippen LogP contribution in [0.3, 0.4) is 0 Å². The SMILES string of the molecule is O=C(NCCc1ccccc1)c1ccc(C[S@](=O)Cc2cccc(Cl)c2)o1. The van der Waals surface area contributed by atoms with Crippen LogP contribution >= 0.6 is 11.6 Å². The van der Waals surface area contributed by atoms with Crippen molar-refractivity contribution in [3.05, 3.63) is 94.4 Å². The summed E-state index contributed by atoms with van der Waals surface area (Å²) in [7, 11) is -1.14. The van der Waals surface area contributed by atoms with Gasteiger partial charge < -0.3 is 9.73 Å². The molecular formula is C21H20ClNO3S. The van der Waals surface area contributed by atoms with Gasteiger partial charge in [0.25, 0.3) is 5.91 Å². The largest absolute Gasteiger partial charge is 0.455 e. The van der Waals surface area contributed by atoms with Crippen LogP contribution in [0.5, 0.6) is 0 Å². The Hall–Kier alpha value is -2.37. The van der Waals surface area contributed by atoms with Crippen LogP contribution in [0, 0.1) is 0 Å². The number of halogens is 1. The second-order valence-electron chi connectivity index (χ2n) is 6.12. The molecule has 0 aliphatic heterocycles. The van der Waals surface area contributed by atoms with Gasteiger partial charge in [-0.15, -0.1) is 0 Å². The lowest BCUT2D eigenvalue weighted by molar-refractivity contribution is 0.0925. The first-order chi connectivity index (χ1) is 13.1. The normalized spacial score (nSPS) is 11.9. The maximum Gasteiger partial charge on any atom is 0.287 e. The molecule has 0 bridgehead atoms. The van der Waals surface area contributed by atoms with Gasteiger partial charge in [-0.3, -0.25) is 9.00 Å². The average molecular weight is 402 g/mol. The summed E-state index contributed by atoms with van der Waals surface area (Å²) in [4.78, 5) is 12.2. The van der Waals surface area contributed by atoms with Gasteiger partial charge in [0.2, 0.25) is 0 Å². The smallest absolute Gasteiger partial charge is 0.287 e. The number of nitrogens with one attached hydrogen (secondary N) is 1. The molecule has 0 saturated heterocycles. The molecular weight excluding hydrogens is 382 g/mol. The molecule has 0 saturated carbocycles. The highest BCUT2D eigenvalue weighted by Crippen LogP contribution is 2.15. The van der Waals surface area contributed by atoms with E-state index in [2.05, 4.69) is 5.32 Å². The molecule has 1 heterocycles. The number of rotatable bonds is 8. The first-order valence-corrected chi connectivity index (χ1v) is 10.5. The molecule has 27 heavy (non-hydrogen) atoms. The summed E-state index contributed by atoms with van der Waals surface area (Å²) in [5.74, 6) is 1.14. The molecule has 3 rings (SSSR count). The van der Waals surface area contributed by atoms with E-state index in [1.807, 2.05) is 42.5 Å². The third-order valence-electron chi connectivity index (χ3n) is 3.95. The van der Waals surface area contributed by atoms with E-state index < -0.39 is 10.8 Å². The first-order valence-electron chi connectivity index (χ1n) is 8.60. The van der Waals surface area contributed by atoms with Crippen LogP contribution in [0.4, 0.5) is 0 Å². The van der Waals surface area contributed by atoms with Crippen LogP contribution in [0.25, 0.3) is 0 Å². The number of amides is 1. The van der Waals surface area contributed by atoms with Crippen molar-refractivity contribution in [1.82, 2.24) is 5.32 Å². The molecule has 0 fully saturated rings. The molecule has 1 N–H and O–H groups in total. The molecule has 3 aromatic rings. The summed E-state index contributed by atoms with van der Waals surface area (Å²) in [5, 5.41) is 3.46. The van der Waals surface area contributed by atoms with Gasteiger partial charge in [-0.2, -0.15) is 0 Å². The van der Waals surface area contributed by atoms with Crippen LogP contribution < -0.4 is 5.32 Å². The molecule has 2 aromatic carbocycles. The number of benzene rings is 2. The van der Waals surface area contributed by atoms with Gasteiger partial charge in [0.15, 0.2) is 5.76 Å². The van der Waals surface area contributed by atoms with E-state index in [0.717, 1.165) is 17.5 Å². The van der Waals surface area contributed by atoms with Gasteiger partial charge in [0, 0.05) is 28.1 Å². The Morgan fingerprint density at radius 3 is 2.52 bits per heavy atom. The van der Waals surface area contributed by atoms with Crippen molar-refractivity contribution in [1.29, 1.82) is 0 Å². The maximum atomic E-state index is 12.3. The van der Waals surface area contributed by atoms with Crippen molar-refractivity contribution in [3.63, 3.8) is 0 Å². The minimum atomic E-state index is -1.14. The average Bonchev–Trinajstić information content (AvgIpc) is 3.11. The quantitative estimate of drug-likeness (QED) is 0.610. The molecule has 6 heteroatoms. The van der Waals surface area contributed by atoms with E-state index in [0.29, 0.717) is 23.1 Å². The summed E-state index contributed by atoms with van der Waals surface area (Å²) < 4.78 is 17.9. The zero-order valence-electron chi connectivity index (χ0n) is 14.7. The van der Waals surface area contributed by atoms with Crippen molar-refractivity contribution in [2.24, 2.45) is 0 Å². The Kier molecular flexibility index (Phi) is 6.85. The van der Waals surface area contributed by atoms with Crippen molar-refractivity contribution in [2.75, 3.05) is 6.54 Å². The van der Waals surface area contributed by atoms with Crippen LogP contribution in [-0.4, -0.2) is 16.7 Å². The Bertz CT molecular complexity index is 924. The Morgan fingerprint density at radius 1 is 0.963 bits per heavy atom. The Morgan fingerprint density at radius 2 is 1.74 bits per heavy atom. The molecule has 0 aliphatic rings. The summed E-state index contributed by atoms with van der Waals surface area (Å²) in [6.07, 6.45) is 0.754. The molecule has 0 aliphatic carbocycles. The fourth-order valence-electron chi connectivity index (χ4n) is 2.65. The third-order valence-corrected chi connectivity index (χ3v) is 5.44. The number of carbonyl (C=O) groups is 1. The van der Waals surface area contributed by atoms with Gasteiger partial charge in [0.1, 0.15) is 5.76 Å². The fourth-order valence-corrected chi connectivity index (χ4v) is 3.99. The zero-order chi connectivity index (χ0) is 19.1. The standard InChI is InChI=1S/C21H20ClNO3S/c22-18-8-4-7-17(13-18)14-27(25)15-19-9-10-20(26-19)21(24)23-12-11-16-5-2-1-3-6-16/h1-10,13H,11-12,14-15H2,(H,23,24)/t27-/m1/s1. The lowest BCUT2D eigenvalue weighted by Crippen LogP contribution is -2.25. The van der Waals surface area contributed by atoms with E-state index in [-0.39, 0.29) is 17.4 Å². The summed E-state index contributed by atoms with van der Waals surface area (Å²) in [5.41, 5.74) is 2.07. The molecule has 4 nitrogen and oxygen atoms in total. The molecule has 1 aromatic heterocycles. The minimum absolute atomic E-state index is 0.234. The Balaban J connectivity index is 1.48. The zero-order valence-corrected chi connectivity index (χ0v) is 16.3. The van der Waals surface area contributed by atoms with E-state index in [9.17, 15) is 9.00 Å². The van der Waals surface area contributed by atoms with Crippen LogP contribution in [0.2, 0.25) is 5.02 Å². The summed E-state index contributed by atoms with van der Waals surface area (Å²) >= 11 is 5.95. The van der Waals surface area contributed by atoms with Crippen molar-refractivity contribution in [2.45, 2.75) is 17.9 Å². The topological polar surface area (TPSA) is 59.3 Å². The minimum Gasteiger partial charge on any atom is -0.455 e. The van der Waals surface area contributed by atoms with Crippen LogP contribution in [0.15, 0.2) is 71.1 Å². The van der Waals surface area contributed by atoms with E-state index in [1.165, 1.54) is 0 Å². The van der Waals surface area contributed by atoms with E-state index >= 15 is 0 Å². The highest BCUT2D eigenvalue weighted by atomic mass is 35.5. The highest BCUT2D eigenvalue weighted by molar-refractivity contribution is 7.83. The van der Waals surface area contributed by atoms with Gasteiger partial charge in [-0.05, 0) is 41.8 Å². The van der Waals surface area contributed by atoms with Crippen molar-refractivity contribution >= 4 is 28.3 Å². The molecule has 1 atom stereocenters. The molecule has 0 spiro atoms. The van der Waals surface area contributed by atoms with E-state index in [4.69, 9.17) is 16.0 Å². The number of hydrogen-bond donors (Lipinski definition) is 1.